The molecule has 9 heteroatoms. The van der Waals surface area contributed by atoms with Crippen molar-refractivity contribution in [3.05, 3.63) is 93.2 Å². The van der Waals surface area contributed by atoms with Crippen LogP contribution in [0.2, 0.25) is 10.0 Å². The van der Waals surface area contributed by atoms with Crippen LogP contribution in [0, 0.1) is 0 Å². The predicted octanol–water partition coefficient (Wildman–Crippen LogP) is 7.85. The Labute approximate surface area is 241 Å². The molecule has 1 saturated carbocycles. The molecular weight excluding hydrogens is 551 g/mol. The van der Waals surface area contributed by atoms with Crippen molar-refractivity contribution in [2.24, 2.45) is 0 Å². The Morgan fingerprint density at radius 2 is 1.80 bits per heavy atom. The zero-order chi connectivity index (χ0) is 28.2. The molecule has 1 fully saturated rings. The number of aromatic nitrogens is 1. The topological polar surface area (TPSA) is 81.9 Å². The molecule has 0 bridgehead atoms. The van der Waals surface area contributed by atoms with Gasteiger partial charge in [-0.1, -0.05) is 40.5 Å². The van der Waals surface area contributed by atoms with E-state index in [0.717, 1.165) is 35.4 Å². The van der Waals surface area contributed by atoms with Crippen LogP contribution in [0.3, 0.4) is 0 Å². The first-order valence-corrected chi connectivity index (χ1v) is 13.7. The maximum atomic E-state index is 13.6. The van der Waals surface area contributed by atoms with Crippen LogP contribution in [0.15, 0.2) is 65.2 Å². The fraction of sp³-hybridized carbons (Fsp3) is 0.258. The number of nitrogens with zero attached hydrogens (tertiary/aromatic N) is 2. The second kappa shape index (κ2) is 9.98. The smallest absolute Gasteiger partial charge is 0.337 e. The lowest BCUT2D eigenvalue weighted by Gasteiger charge is -2.21. The number of fused-ring (bicyclic) bond motifs is 1. The summed E-state index contributed by atoms with van der Waals surface area (Å²) in [6, 6.07) is 17.8. The zero-order valence-corrected chi connectivity index (χ0v) is 23.7. The Hall–Kier alpha value is -3.81. The molecule has 1 aliphatic heterocycles. The number of ether oxygens (including phenoxy) is 2. The number of rotatable bonds is 7. The molecule has 40 heavy (non-hydrogen) atoms. The van der Waals surface area contributed by atoms with Gasteiger partial charge in [0.25, 0.3) is 0 Å². The van der Waals surface area contributed by atoms with Crippen molar-refractivity contribution in [2.45, 2.75) is 44.6 Å². The first-order valence-electron chi connectivity index (χ1n) is 12.9. The quantitative estimate of drug-likeness (QED) is 0.208. The van der Waals surface area contributed by atoms with E-state index in [0.29, 0.717) is 44.2 Å². The number of benzene rings is 3. The Bertz CT molecular complexity index is 1640. The number of carbonyl (C=O) groups is 2. The molecule has 0 radical (unpaired) electrons. The molecule has 204 valence electrons. The lowest BCUT2D eigenvalue weighted by Crippen LogP contribution is -2.33. The van der Waals surface area contributed by atoms with Gasteiger partial charge in [-0.25, -0.2) is 4.79 Å². The number of amides is 1. The maximum Gasteiger partial charge on any atom is 0.337 e. The summed E-state index contributed by atoms with van der Waals surface area (Å²) in [5.74, 6) is 1.12. The molecule has 0 N–H and O–H groups in total. The monoisotopic (exact) mass is 576 g/mol. The van der Waals surface area contributed by atoms with Crippen molar-refractivity contribution in [1.82, 2.24) is 5.16 Å². The van der Waals surface area contributed by atoms with Crippen molar-refractivity contribution < 1.29 is 23.6 Å². The molecule has 0 atom stereocenters. The third-order valence-electron chi connectivity index (χ3n) is 7.49. The normalized spacial score (nSPS) is 15.7. The first-order chi connectivity index (χ1) is 19.2. The zero-order valence-electron chi connectivity index (χ0n) is 22.2. The molecular formula is C31H26Cl2N2O5. The fourth-order valence-corrected chi connectivity index (χ4v) is 5.73. The Kier molecular flexibility index (Phi) is 6.59. The standard InChI is InChI=1S/C31H26Cl2N2O5/c1-31(2)22-15-20(12-13-25(22)35(30(31)37)19-7-4-6-18(14-19)29(36)38-3)39-16-21-27(34-40-28(21)17-10-11-17)26-23(32)8-5-9-24(26)33/h4-9,12-15,17H,10-11,16H2,1-3H3. The van der Waals surface area contributed by atoms with E-state index in [1.807, 2.05) is 32.0 Å². The van der Waals surface area contributed by atoms with E-state index in [-0.39, 0.29) is 12.5 Å². The number of anilines is 2. The minimum atomic E-state index is -0.817. The molecule has 1 amide bonds. The molecule has 7 nitrogen and oxygen atoms in total. The summed E-state index contributed by atoms with van der Waals surface area (Å²) < 4.78 is 16.9. The number of hydrogen-bond acceptors (Lipinski definition) is 6. The number of esters is 1. The summed E-state index contributed by atoms with van der Waals surface area (Å²) in [4.78, 5) is 27.3. The maximum absolute atomic E-state index is 13.6. The summed E-state index contributed by atoms with van der Waals surface area (Å²) in [5, 5.41) is 5.30. The van der Waals surface area contributed by atoms with Gasteiger partial charge in [-0.3, -0.25) is 9.69 Å². The average molecular weight is 577 g/mol. The minimum Gasteiger partial charge on any atom is -0.489 e. The summed E-state index contributed by atoms with van der Waals surface area (Å²) in [5.41, 5.74) is 3.70. The van der Waals surface area contributed by atoms with Gasteiger partial charge in [0.1, 0.15) is 23.8 Å². The van der Waals surface area contributed by atoms with Crippen LogP contribution in [0.5, 0.6) is 5.75 Å². The minimum absolute atomic E-state index is 0.104. The summed E-state index contributed by atoms with van der Waals surface area (Å²) >= 11 is 13.0. The van der Waals surface area contributed by atoms with Crippen LogP contribution >= 0.6 is 23.2 Å². The van der Waals surface area contributed by atoms with Crippen LogP contribution in [0.1, 0.15) is 59.9 Å². The van der Waals surface area contributed by atoms with Gasteiger partial charge >= 0.3 is 5.97 Å². The van der Waals surface area contributed by atoms with Gasteiger partial charge in [-0.15, -0.1) is 0 Å². The number of halogens is 2. The van der Waals surface area contributed by atoms with Gasteiger partial charge in [0.15, 0.2) is 0 Å². The van der Waals surface area contributed by atoms with Gasteiger partial charge in [-0.2, -0.15) is 0 Å². The van der Waals surface area contributed by atoms with Crippen molar-refractivity contribution >= 4 is 46.5 Å². The number of carbonyl (C=O) groups excluding carboxylic acids is 2. The molecule has 2 aliphatic rings. The second-order valence-corrected chi connectivity index (χ2v) is 11.3. The molecule has 6 rings (SSSR count). The van der Waals surface area contributed by atoms with Gasteiger partial charge in [-0.05, 0) is 80.8 Å². The summed E-state index contributed by atoms with van der Waals surface area (Å²) in [7, 11) is 1.33. The van der Waals surface area contributed by atoms with Crippen molar-refractivity contribution in [1.29, 1.82) is 0 Å². The highest BCUT2D eigenvalue weighted by molar-refractivity contribution is 6.39. The van der Waals surface area contributed by atoms with E-state index >= 15 is 0 Å². The first kappa shape index (κ1) is 26.4. The lowest BCUT2D eigenvalue weighted by atomic mass is 9.86. The Morgan fingerprint density at radius 1 is 1.07 bits per heavy atom. The molecule has 0 spiro atoms. The van der Waals surface area contributed by atoms with Crippen LogP contribution in [0.4, 0.5) is 11.4 Å². The molecule has 1 aromatic heterocycles. The third-order valence-corrected chi connectivity index (χ3v) is 8.12. The highest BCUT2D eigenvalue weighted by Crippen LogP contribution is 2.48. The molecule has 2 heterocycles. The number of methoxy groups -OCH3 is 1. The van der Waals surface area contributed by atoms with Gasteiger partial charge in [0, 0.05) is 17.2 Å². The van der Waals surface area contributed by atoms with Crippen LogP contribution < -0.4 is 9.64 Å². The summed E-state index contributed by atoms with van der Waals surface area (Å²) in [6.45, 7) is 3.96. The van der Waals surface area contributed by atoms with Crippen LogP contribution in [0.25, 0.3) is 11.3 Å². The molecule has 4 aromatic rings. The lowest BCUT2D eigenvalue weighted by molar-refractivity contribution is -0.121. The molecule has 0 saturated heterocycles. The van der Waals surface area contributed by atoms with Gasteiger partial charge < -0.3 is 14.0 Å². The molecule has 0 unspecified atom stereocenters. The average Bonchev–Trinajstić information content (AvgIpc) is 3.68. The van der Waals surface area contributed by atoms with Crippen molar-refractivity contribution in [3.8, 4) is 17.0 Å². The SMILES string of the molecule is COC(=O)c1cccc(N2C(=O)C(C)(C)c3cc(OCc4c(-c5c(Cl)cccc5Cl)noc4C4CC4)ccc32)c1. The highest BCUT2D eigenvalue weighted by atomic mass is 35.5. The molecule has 3 aromatic carbocycles. The Balaban J connectivity index is 1.33. The van der Waals surface area contributed by atoms with Gasteiger partial charge in [0.05, 0.1) is 39.4 Å². The number of hydrogen-bond donors (Lipinski definition) is 0. The highest BCUT2D eigenvalue weighted by Gasteiger charge is 2.45. The fourth-order valence-electron chi connectivity index (χ4n) is 5.15. The Morgan fingerprint density at radius 3 is 2.50 bits per heavy atom. The predicted molar refractivity (Wildman–Crippen MR) is 153 cm³/mol. The van der Waals surface area contributed by atoms with Crippen LogP contribution in [-0.2, 0) is 21.6 Å². The summed E-state index contributed by atoms with van der Waals surface area (Å²) in [6.07, 6.45) is 2.06. The van der Waals surface area contributed by atoms with E-state index in [1.54, 1.807) is 47.4 Å². The van der Waals surface area contributed by atoms with E-state index < -0.39 is 11.4 Å². The largest absolute Gasteiger partial charge is 0.489 e. The molecule has 1 aliphatic carbocycles. The van der Waals surface area contributed by atoms with Gasteiger partial charge in [0.2, 0.25) is 5.91 Å². The van der Waals surface area contributed by atoms with Crippen molar-refractivity contribution in [3.63, 3.8) is 0 Å². The van der Waals surface area contributed by atoms with E-state index in [2.05, 4.69) is 5.16 Å². The van der Waals surface area contributed by atoms with Crippen molar-refractivity contribution in [2.75, 3.05) is 12.0 Å². The van der Waals surface area contributed by atoms with Crippen LogP contribution in [-0.4, -0.2) is 24.1 Å². The van der Waals surface area contributed by atoms with E-state index in [9.17, 15) is 9.59 Å². The van der Waals surface area contributed by atoms with E-state index in [4.69, 9.17) is 37.2 Å². The third kappa shape index (κ3) is 4.43. The van der Waals surface area contributed by atoms with E-state index in [1.165, 1.54) is 7.11 Å². The second-order valence-electron chi connectivity index (χ2n) is 10.5.